The van der Waals surface area contributed by atoms with Gasteiger partial charge in [0.1, 0.15) is 5.82 Å². The molecule has 1 aromatic rings. The molecule has 0 amide bonds. The van der Waals surface area contributed by atoms with E-state index in [1.165, 1.54) is 12.1 Å². The first kappa shape index (κ1) is 10.6. The third-order valence-electron chi connectivity index (χ3n) is 2.90. The molecule has 3 heteroatoms. The SMILES string of the molecule is CCCc1ccnc(CC2CCNC2)n1. The first-order chi connectivity index (χ1) is 7.38. The van der Waals surface area contributed by atoms with Gasteiger partial charge < -0.3 is 5.32 Å². The molecule has 2 heterocycles. The Hall–Kier alpha value is -0.960. The van der Waals surface area contributed by atoms with Gasteiger partial charge in [-0.2, -0.15) is 0 Å². The van der Waals surface area contributed by atoms with Crippen LogP contribution in [0.4, 0.5) is 0 Å². The van der Waals surface area contributed by atoms with Crippen molar-refractivity contribution in [2.75, 3.05) is 13.1 Å². The largest absolute Gasteiger partial charge is 0.316 e. The van der Waals surface area contributed by atoms with E-state index in [1.54, 1.807) is 0 Å². The van der Waals surface area contributed by atoms with Gasteiger partial charge in [-0.1, -0.05) is 13.3 Å². The zero-order valence-electron chi connectivity index (χ0n) is 9.37. The number of hydrogen-bond acceptors (Lipinski definition) is 3. The Morgan fingerprint density at radius 1 is 1.53 bits per heavy atom. The number of hydrogen-bond donors (Lipinski definition) is 1. The summed E-state index contributed by atoms with van der Waals surface area (Å²) in [5.74, 6) is 1.76. The number of aromatic nitrogens is 2. The van der Waals surface area contributed by atoms with E-state index in [2.05, 4.69) is 22.2 Å². The summed E-state index contributed by atoms with van der Waals surface area (Å²) >= 11 is 0. The standard InChI is InChI=1S/C12H19N3/c1-2-3-11-5-7-14-12(15-11)8-10-4-6-13-9-10/h5,7,10,13H,2-4,6,8-9H2,1H3. The summed E-state index contributed by atoms with van der Waals surface area (Å²) in [5, 5.41) is 3.38. The minimum absolute atomic E-state index is 0.738. The normalized spacial score (nSPS) is 20.7. The van der Waals surface area contributed by atoms with Crippen LogP contribution in [-0.2, 0) is 12.8 Å². The Morgan fingerprint density at radius 3 is 3.20 bits per heavy atom. The number of nitrogens with zero attached hydrogens (tertiary/aromatic N) is 2. The van der Waals surface area contributed by atoms with Crippen molar-refractivity contribution in [3.63, 3.8) is 0 Å². The topological polar surface area (TPSA) is 37.8 Å². The second-order valence-electron chi connectivity index (χ2n) is 4.28. The Balaban J connectivity index is 1.97. The molecular weight excluding hydrogens is 186 g/mol. The first-order valence-corrected chi connectivity index (χ1v) is 5.90. The summed E-state index contributed by atoms with van der Waals surface area (Å²) in [7, 11) is 0. The maximum atomic E-state index is 4.59. The Bertz CT molecular complexity index is 305. The Labute approximate surface area is 91.3 Å². The Morgan fingerprint density at radius 2 is 2.47 bits per heavy atom. The van der Waals surface area contributed by atoms with Gasteiger partial charge in [0.05, 0.1) is 0 Å². The molecule has 2 rings (SSSR count). The third kappa shape index (κ3) is 2.99. The zero-order valence-corrected chi connectivity index (χ0v) is 9.37. The van der Waals surface area contributed by atoms with Crippen molar-refractivity contribution in [3.05, 3.63) is 23.8 Å². The van der Waals surface area contributed by atoms with Crippen LogP contribution in [0.25, 0.3) is 0 Å². The van der Waals surface area contributed by atoms with Gasteiger partial charge in [-0.15, -0.1) is 0 Å². The van der Waals surface area contributed by atoms with Crippen molar-refractivity contribution >= 4 is 0 Å². The van der Waals surface area contributed by atoms with Crippen molar-refractivity contribution in [2.45, 2.75) is 32.6 Å². The van der Waals surface area contributed by atoms with Crippen molar-refractivity contribution in [2.24, 2.45) is 5.92 Å². The van der Waals surface area contributed by atoms with Gasteiger partial charge in [-0.05, 0) is 37.9 Å². The van der Waals surface area contributed by atoms with Crippen LogP contribution in [-0.4, -0.2) is 23.1 Å². The highest BCUT2D eigenvalue weighted by Crippen LogP contribution is 2.12. The lowest BCUT2D eigenvalue weighted by atomic mass is 10.0. The predicted octanol–water partition coefficient (Wildman–Crippen LogP) is 1.58. The summed E-state index contributed by atoms with van der Waals surface area (Å²) in [6, 6.07) is 2.03. The average Bonchev–Trinajstić information content (AvgIpc) is 2.71. The molecule has 82 valence electrons. The molecule has 1 fully saturated rings. The second-order valence-corrected chi connectivity index (χ2v) is 4.28. The average molecular weight is 205 g/mol. The van der Waals surface area contributed by atoms with Gasteiger partial charge in [0.25, 0.3) is 0 Å². The van der Waals surface area contributed by atoms with E-state index in [4.69, 9.17) is 0 Å². The zero-order chi connectivity index (χ0) is 10.5. The molecule has 0 radical (unpaired) electrons. The number of nitrogens with one attached hydrogen (secondary N) is 1. The van der Waals surface area contributed by atoms with Gasteiger partial charge in [0.2, 0.25) is 0 Å². The van der Waals surface area contributed by atoms with Crippen LogP contribution in [0.15, 0.2) is 12.3 Å². The molecule has 0 spiro atoms. The van der Waals surface area contributed by atoms with Gasteiger partial charge in [-0.25, -0.2) is 9.97 Å². The highest BCUT2D eigenvalue weighted by atomic mass is 14.9. The number of aryl methyl sites for hydroxylation is 1. The molecule has 1 aliphatic rings. The van der Waals surface area contributed by atoms with E-state index < -0.39 is 0 Å². The predicted molar refractivity (Wildman–Crippen MR) is 60.7 cm³/mol. The van der Waals surface area contributed by atoms with Crippen molar-refractivity contribution < 1.29 is 0 Å². The molecule has 3 nitrogen and oxygen atoms in total. The molecule has 0 aliphatic carbocycles. The van der Waals surface area contributed by atoms with E-state index in [0.717, 1.165) is 44.1 Å². The first-order valence-electron chi connectivity index (χ1n) is 5.90. The minimum atomic E-state index is 0.738. The summed E-state index contributed by atoms with van der Waals surface area (Å²) in [5.41, 5.74) is 1.19. The molecule has 15 heavy (non-hydrogen) atoms. The highest BCUT2D eigenvalue weighted by molar-refractivity contribution is 5.03. The van der Waals surface area contributed by atoms with Gasteiger partial charge in [0, 0.05) is 18.3 Å². The minimum Gasteiger partial charge on any atom is -0.316 e. The molecule has 0 saturated carbocycles. The van der Waals surface area contributed by atoms with E-state index in [9.17, 15) is 0 Å². The fraction of sp³-hybridized carbons (Fsp3) is 0.667. The quantitative estimate of drug-likeness (QED) is 0.811. The van der Waals surface area contributed by atoms with Gasteiger partial charge >= 0.3 is 0 Å². The van der Waals surface area contributed by atoms with E-state index >= 15 is 0 Å². The lowest BCUT2D eigenvalue weighted by molar-refractivity contribution is 0.559. The highest BCUT2D eigenvalue weighted by Gasteiger charge is 2.16. The van der Waals surface area contributed by atoms with E-state index in [-0.39, 0.29) is 0 Å². The van der Waals surface area contributed by atoms with Gasteiger partial charge in [0.15, 0.2) is 0 Å². The molecular formula is C12H19N3. The fourth-order valence-electron chi connectivity index (χ4n) is 2.08. The molecule has 1 saturated heterocycles. The number of rotatable bonds is 4. The smallest absolute Gasteiger partial charge is 0.128 e. The molecule has 1 atom stereocenters. The van der Waals surface area contributed by atoms with E-state index in [0.29, 0.717) is 0 Å². The summed E-state index contributed by atoms with van der Waals surface area (Å²) < 4.78 is 0. The lowest BCUT2D eigenvalue weighted by Crippen LogP contribution is -2.12. The summed E-state index contributed by atoms with van der Waals surface area (Å²) in [6.45, 7) is 4.46. The van der Waals surface area contributed by atoms with Crippen LogP contribution in [0, 0.1) is 5.92 Å². The monoisotopic (exact) mass is 205 g/mol. The van der Waals surface area contributed by atoms with Crippen LogP contribution in [0.2, 0.25) is 0 Å². The van der Waals surface area contributed by atoms with Crippen molar-refractivity contribution in [1.29, 1.82) is 0 Å². The van der Waals surface area contributed by atoms with Crippen LogP contribution >= 0.6 is 0 Å². The van der Waals surface area contributed by atoms with Crippen molar-refractivity contribution in [3.8, 4) is 0 Å². The molecule has 0 bridgehead atoms. The molecule has 1 unspecified atom stereocenters. The second kappa shape index (κ2) is 5.21. The fourth-order valence-corrected chi connectivity index (χ4v) is 2.08. The molecule has 1 aliphatic heterocycles. The summed E-state index contributed by atoms with van der Waals surface area (Å²) in [4.78, 5) is 8.93. The summed E-state index contributed by atoms with van der Waals surface area (Å²) in [6.07, 6.45) is 6.42. The third-order valence-corrected chi connectivity index (χ3v) is 2.90. The van der Waals surface area contributed by atoms with Crippen LogP contribution in [0.1, 0.15) is 31.3 Å². The van der Waals surface area contributed by atoms with Crippen molar-refractivity contribution in [1.82, 2.24) is 15.3 Å². The maximum Gasteiger partial charge on any atom is 0.128 e. The Kier molecular flexibility index (Phi) is 3.67. The van der Waals surface area contributed by atoms with Crippen LogP contribution in [0.3, 0.4) is 0 Å². The maximum absolute atomic E-state index is 4.59. The molecule has 0 aromatic carbocycles. The molecule has 1 N–H and O–H groups in total. The van der Waals surface area contributed by atoms with Gasteiger partial charge in [-0.3, -0.25) is 0 Å². The van der Waals surface area contributed by atoms with Crippen LogP contribution < -0.4 is 5.32 Å². The van der Waals surface area contributed by atoms with E-state index in [1.807, 2.05) is 12.3 Å². The lowest BCUT2D eigenvalue weighted by Gasteiger charge is -2.07. The molecule has 1 aromatic heterocycles. The van der Waals surface area contributed by atoms with Crippen LogP contribution in [0.5, 0.6) is 0 Å².